The number of nitrogens with zero attached hydrogens (tertiary/aromatic N) is 2. The van der Waals surface area contributed by atoms with E-state index >= 15 is 0 Å². The van der Waals surface area contributed by atoms with Crippen molar-refractivity contribution >= 4 is 39.4 Å². The summed E-state index contributed by atoms with van der Waals surface area (Å²) in [6.07, 6.45) is 2.94. The first kappa shape index (κ1) is 15.5. The SMILES string of the molecule is Cn1cc(C(NC(=O)c2ccc(Cl)c(Br)c2)C(=O)O)cn1. The molecule has 0 spiro atoms. The van der Waals surface area contributed by atoms with Gasteiger partial charge in [-0.05, 0) is 34.1 Å². The molecule has 6 nitrogen and oxygen atoms in total. The lowest BCUT2D eigenvalue weighted by atomic mass is 10.1. The molecule has 0 bridgehead atoms. The van der Waals surface area contributed by atoms with Crippen molar-refractivity contribution in [2.45, 2.75) is 6.04 Å². The summed E-state index contributed by atoms with van der Waals surface area (Å²) in [7, 11) is 1.67. The van der Waals surface area contributed by atoms with Crippen molar-refractivity contribution < 1.29 is 14.7 Å². The molecular formula is C13H11BrClN3O3. The van der Waals surface area contributed by atoms with Gasteiger partial charge in [0.25, 0.3) is 5.91 Å². The number of rotatable bonds is 4. The molecule has 8 heteroatoms. The van der Waals surface area contributed by atoms with Crippen molar-refractivity contribution in [2.24, 2.45) is 7.05 Å². The van der Waals surface area contributed by atoms with E-state index < -0.39 is 17.9 Å². The minimum absolute atomic E-state index is 0.307. The molecule has 1 heterocycles. The number of hydrogen-bond donors (Lipinski definition) is 2. The minimum Gasteiger partial charge on any atom is -0.479 e. The monoisotopic (exact) mass is 371 g/mol. The van der Waals surface area contributed by atoms with Crippen molar-refractivity contribution in [3.05, 3.63) is 51.2 Å². The van der Waals surface area contributed by atoms with Gasteiger partial charge in [0.1, 0.15) is 0 Å². The standard InChI is InChI=1S/C13H11BrClN3O3/c1-18-6-8(5-16-18)11(13(20)21)17-12(19)7-2-3-10(15)9(14)4-7/h2-6,11H,1H3,(H,17,19)(H,20,21). The highest BCUT2D eigenvalue weighted by molar-refractivity contribution is 9.10. The second kappa shape index (κ2) is 6.28. The van der Waals surface area contributed by atoms with Gasteiger partial charge < -0.3 is 10.4 Å². The maximum atomic E-state index is 12.1. The number of aliphatic carboxylic acids is 1. The lowest BCUT2D eigenvalue weighted by Gasteiger charge is -2.13. The Kier molecular flexibility index (Phi) is 4.64. The Morgan fingerprint density at radius 2 is 2.19 bits per heavy atom. The third-order valence-electron chi connectivity index (χ3n) is 2.76. The summed E-state index contributed by atoms with van der Waals surface area (Å²) in [5, 5.41) is 16.1. The van der Waals surface area contributed by atoms with Gasteiger partial charge in [0.15, 0.2) is 6.04 Å². The number of carboxylic acid groups (broad SMARTS) is 1. The number of carbonyl (C=O) groups is 2. The fraction of sp³-hybridized carbons (Fsp3) is 0.154. The summed E-state index contributed by atoms with van der Waals surface area (Å²) in [6, 6.07) is 3.44. The quantitative estimate of drug-likeness (QED) is 0.863. The van der Waals surface area contributed by atoms with E-state index in [1.807, 2.05) is 0 Å². The molecule has 0 radical (unpaired) electrons. The molecule has 1 amide bonds. The number of aromatic nitrogens is 2. The minimum atomic E-state index is -1.17. The fourth-order valence-corrected chi connectivity index (χ4v) is 2.22. The highest BCUT2D eigenvalue weighted by Gasteiger charge is 2.24. The van der Waals surface area contributed by atoms with Crippen molar-refractivity contribution in [1.82, 2.24) is 15.1 Å². The van der Waals surface area contributed by atoms with E-state index in [0.29, 0.717) is 20.6 Å². The molecule has 110 valence electrons. The van der Waals surface area contributed by atoms with Crippen LogP contribution in [0.3, 0.4) is 0 Å². The van der Waals surface area contributed by atoms with Crippen LogP contribution in [0.2, 0.25) is 5.02 Å². The van der Waals surface area contributed by atoms with Crippen LogP contribution in [0.4, 0.5) is 0 Å². The molecule has 0 saturated carbocycles. The summed E-state index contributed by atoms with van der Waals surface area (Å²) in [5.41, 5.74) is 0.702. The molecule has 0 aliphatic rings. The highest BCUT2D eigenvalue weighted by Crippen LogP contribution is 2.23. The van der Waals surface area contributed by atoms with E-state index in [9.17, 15) is 14.7 Å². The van der Waals surface area contributed by atoms with Gasteiger partial charge in [-0.3, -0.25) is 9.48 Å². The summed E-state index contributed by atoms with van der Waals surface area (Å²) < 4.78 is 2.03. The highest BCUT2D eigenvalue weighted by atomic mass is 79.9. The van der Waals surface area contributed by atoms with Crippen molar-refractivity contribution in [2.75, 3.05) is 0 Å². The molecule has 1 atom stereocenters. The van der Waals surface area contributed by atoms with Crippen LogP contribution in [-0.2, 0) is 11.8 Å². The molecule has 21 heavy (non-hydrogen) atoms. The average Bonchev–Trinajstić information content (AvgIpc) is 2.84. The second-order valence-corrected chi connectivity index (χ2v) is 5.58. The molecule has 2 rings (SSSR count). The smallest absolute Gasteiger partial charge is 0.331 e. The normalized spacial score (nSPS) is 12.0. The maximum absolute atomic E-state index is 12.1. The Morgan fingerprint density at radius 3 is 2.71 bits per heavy atom. The summed E-state index contributed by atoms with van der Waals surface area (Å²) in [4.78, 5) is 23.5. The van der Waals surface area contributed by atoms with Gasteiger partial charge in [-0.25, -0.2) is 4.79 Å². The van der Waals surface area contributed by atoms with Crippen LogP contribution in [0.1, 0.15) is 22.0 Å². The van der Waals surface area contributed by atoms with Crippen LogP contribution >= 0.6 is 27.5 Å². The van der Waals surface area contributed by atoms with Crippen LogP contribution in [0, 0.1) is 0 Å². The Bertz CT molecular complexity index is 702. The van der Waals surface area contributed by atoms with Gasteiger partial charge in [0.2, 0.25) is 0 Å². The van der Waals surface area contributed by atoms with E-state index in [0.717, 1.165) is 0 Å². The van der Waals surface area contributed by atoms with Crippen LogP contribution in [0.15, 0.2) is 35.1 Å². The first-order chi connectivity index (χ1) is 9.88. The summed E-state index contributed by atoms with van der Waals surface area (Å²) in [5.74, 6) is -1.67. The first-order valence-corrected chi connectivity index (χ1v) is 7.03. The van der Waals surface area contributed by atoms with Gasteiger partial charge in [0.05, 0.1) is 11.2 Å². The van der Waals surface area contributed by atoms with Crippen LogP contribution in [0.25, 0.3) is 0 Å². The zero-order valence-electron chi connectivity index (χ0n) is 10.9. The zero-order chi connectivity index (χ0) is 15.6. The maximum Gasteiger partial charge on any atom is 0.331 e. The first-order valence-electron chi connectivity index (χ1n) is 5.85. The summed E-state index contributed by atoms with van der Waals surface area (Å²) >= 11 is 9.07. The number of benzene rings is 1. The molecule has 1 aromatic carbocycles. The molecule has 0 aliphatic heterocycles. The van der Waals surface area contributed by atoms with E-state index in [4.69, 9.17) is 11.6 Å². The third-order valence-corrected chi connectivity index (χ3v) is 3.98. The Balaban J connectivity index is 2.22. The lowest BCUT2D eigenvalue weighted by molar-refractivity contribution is -0.139. The predicted molar refractivity (Wildman–Crippen MR) is 80.2 cm³/mol. The van der Waals surface area contributed by atoms with Crippen LogP contribution in [-0.4, -0.2) is 26.8 Å². The molecule has 0 fully saturated rings. The Hall–Kier alpha value is -1.86. The number of nitrogens with one attached hydrogen (secondary N) is 1. The van der Waals surface area contributed by atoms with Crippen molar-refractivity contribution in [3.8, 4) is 0 Å². The largest absolute Gasteiger partial charge is 0.479 e. The Morgan fingerprint density at radius 1 is 1.48 bits per heavy atom. The Labute approximate surface area is 133 Å². The number of amides is 1. The second-order valence-electron chi connectivity index (χ2n) is 4.32. The average molecular weight is 373 g/mol. The van der Waals surface area contributed by atoms with E-state index in [1.165, 1.54) is 29.2 Å². The van der Waals surface area contributed by atoms with Crippen LogP contribution < -0.4 is 5.32 Å². The molecule has 0 saturated heterocycles. The van der Waals surface area contributed by atoms with E-state index in [1.54, 1.807) is 13.1 Å². The van der Waals surface area contributed by atoms with Crippen molar-refractivity contribution in [1.29, 1.82) is 0 Å². The fourth-order valence-electron chi connectivity index (χ4n) is 1.73. The number of halogens is 2. The van der Waals surface area contributed by atoms with E-state index in [-0.39, 0.29) is 0 Å². The van der Waals surface area contributed by atoms with Gasteiger partial charge in [-0.15, -0.1) is 0 Å². The number of aryl methyl sites for hydroxylation is 1. The predicted octanol–water partition coefficient (Wildman–Crippen LogP) is 2.39. The zero-order valence-corrected chi connectivity index (χ0v) is 13.2. The van der Waals surface area contributed by atoms with Gasteiger partial charge >= 0.3 is 5.97 Å². The molecular weight excluding hydrogens is 362 g/mol. The van der Waals surface area contributed by atoms with Gasteiger partial charge in [-0.1, -0.05) is 11.6 Å². The number of carbonyl (C=O) groups excluding carboxylic acids is 1. The van der Waals surface area contributed by atoms with Crippen LogP contribution in [0.5, 0.6) is 0 Å². The molecule has 0 aliphatic carbocycles. The number of hydrogen-bond acceptors (Lipinski definition) is 3. The number of carboxylic acids is 1. The molecule has 2 N–H and O–H groups in total. The topological polar surface area (TPSA) is 84.2 Å². The summed E-state index contributed by atoms with van der Waals surface area (Å²) in [6.45, 7) is 0. The lowest BCUT2D eigenvalue weighted by Crippen LogP contribution is -2.33. The van der Waals surface area contributed by atoms with Gasteiger partial charge in [-0.2, -0.15) is 5.10 Å². The van der Waals surface area contributed by atoms with E-state index in [2.05, 4.69) is 26.3 Å². The molecule has 1 aromatic heterocycles. The molecule has 1 unspecified atom stereocenters. The third kappa shape index (κ3) is 3.62. The van der Waals surface area contributed by atoms with Gasteiger partial charge in [0, 0.05) is 28.8 Å². The molecule has 2 aromatic rings. The van der Waals surface area contributed by atoms with Crippen molar-refractivity contribution in [3.63, 3.8) is 0 Å².